The molecular weight excluding hydrogens is 176 g/mol. The van der Waals surface area contributed by atoms with Crippen molar-refractivity contribution in [3.05, 3.63) is 35.4 Å². The van der Waals surface area contributed by atoms with Gasteiger partial charge in [0, 0.05) is 5.56 Å². The maximum atomic E-state index is 12.0. The lowest BCUT2D eigenvalue weighted by atomic mass is 9.72. The molecule has 2 rings (SSSR count). The van der Waals surface area contributed by atoms with E-state index in [-0.39, 0.29) is 12.4 Å². The molecule has 2 heteroatoms. The monoisotopic (exact) mass is 190 g/mol. The number of hydrogen-bond acceptors (Lipinski definition) is 2. The number of aliphatic hydroxyl groups excluding tert-OH is 1. The van der Waals surface area contributed by atoms with E-state index in [1.807, 2.05) is 31.2 Å². The highest BCUT2D eigenvalue weighted by Gasteiger charge is 2.37. The van der Waals surface area contributed by atoms with Gasteiger partial charge in [-0.25, -0.2) is 0 Å². The predicted molar refractivity (Wildman–Crippen MR) is 54.3 cm³/mol. The molecule has 74 valence electrons. The Morgan fingerprint density at radius 1 is 1.43 bits per heavy atom. The van der Waals surface area contributed by atoms with E-state index in [0.717, 1.165) is 24.0 Å². The second-order valence-electron chi connectivity index (χ2n) is 4.21. The molecule has 0 unspecified atom stereocenters. The van der Waals surface area contributed by atoms with Gasteiger partial charge in [-0.2, -0.15) is 0 Å². The van der Waals surface area contributed by atoms with Gasteiger partial charge in [-0.1, -0.05) is 31.2 Å². The van der Waals surface area contributed by atoms with Crippen LogP contribution in [0.25, 0.3) is 0 Å². The largest absolute Gasteiger partial charge is 0.395 e. The van der Waals surface area contributed by atoms with Crippen molar-refractivity contribution in [2.24, 2.45) is 5.41 Å². The van der Waals surface area contributed by atoms with Crippen molar-refractivity contribution in [2.45, 2.75) is 19.8 Å². The molecule has 0 saturated carbocycles. The topological polar surface area (TPSA) is 37.3 Å². The highest BCUT2D eigenvalue weighted by Crippen LogP contribution is 2.34. The van der Waals surface area contributed by atoms with Gasteiger partial charge in [-0.15, -0.1) is 0 Å². The van der Waals surface area contributed by atoms with E-state index in [1.165, 1.54) is 0 Å². The number of carbonyl (C=O) groups is 1. The van der Waals surface area contributed by atoms with Crippen LogP contribution in [0.3, 0.4) is 0 Å². The smallest absolute Gasteiger partial charge is 0.171 e. The molecule has 0 heterocycles. The number of carbonyl (C=O) groups excluding carboxylic acids is 1. The fourth-order valence-corrected chi connectivity index (χ4v) is 1.96. The van der Waals surface area contributed by atoms with Crippen LogP contribution in [-0.4, -0.2) is 17.5 Å². The maximum absolute atomic E-state index is 12.0. The molecule has 1 aromatic rings. The molecule has 1 aromatic carbocycles. The molecule has 0 fully saturated rings. The number of benzene rings is 1. The molecule has 14 heavy (non-hydrogen) atoms. The zero-order chi connectivity index (χ0) is 10.2. The fraction of sp³-hybridized carbons (Fsp3) is 0.417. The minimum absolute atomic E-state index is 0.0554. The van der Waals surface area contributed by atoms with Crippen molar-refractivity contribution >= 4 is 5.78 Å². The molecule has 1 aliphatic carbocycles. The van der Waals surface area contributed by atoms with Crippen molar-refractivity contribution in [1.29, 1.82) is 0 Å². The molecule has 2 nitrogen and oxygen atoms in total. The molecule has 1 aliphatic rings. The van der Waals surface area contributed by atoms with Gasteiger partial charge in [0.2, 0.25) is 0 Å². The average molecular weight is 190 g/mol. The minimum atomic E-state index is -0.561. The first-order valence-electron chi connectivity index (χ1n) is 4.91. The van der Waals surface area contributed by atoms with Gasteiger partial charge >= 0.3 is 0 Å². The quantitative estimate of drug-likeness (QED) is 0.733. The van der Waals surface area contributed by atoms with Crippen LogP contribution in [0.5, 0.6) is 0 Å². The van der Waals surface area contributed by atoms with Gasteiger partial charge < -0.3 is 5.11 Å². The lowest BCUT2D eigenvalue weighted by Crippen LogP contribution is -2.36. The van der Waals surface area contributed by atoms with Gasteiger partial charge in [0.25, 0.3) is 0 Å². The lowest BCUT2D eigenvalue weighted by Gasteiger charge is -2.31. The zero-order valence-electron chi connectivity index (χ0n) is 8.29. The third-order valence-electron chi connectivity index (χ3n) is 3.11. The molecule has 1 atom stereocenters. The van der Waals surface area contributed by atoms with E-state index < -0.39 is 5.41 Å². The summed E-state index contributed by atoms with van der Waals surface area (Å²) >= 11 is 0. The molecule has 0 radical (unpaired) electrons. The summed E-state index contributed by atoms with van der Waals surface area (Å²) < 4.78 is 0. The number of aryl methyl sites for hydroxylation is 1. The van der Waals surface area contributed by atoms with Gasteiger partial charge in [-0.05, 0) is 18.4 Å². The van der Waals surface area contributed by atoms with Gasteiger partial charge in [0.1, 0.15) is 0 Å². The summed E-state index contributed by atoms with van der Waals surface area (Å²) in [6.07, 6.45) is 1.64. The third-order valence-corrected chi connectivity index (χ3v) is 3.11. The standard InChI is InChI=1S/C12H14O2/c1-12(8-13)7-6-9-4-2-3-5-10(9)11(12)14/h2-5,13H,6-8H2,1H3/t12-/m1/s1. The molecule has 1 N–H and O–H groups in total. The van der Waals surface area contributed by atoms with E-state index in [9.17, 15) is 9.90 Å². The summed E-state index contributed by atoms with van der Waals surface area (Å²) in [4.78, 5) is 12.0. The molecule has 0 bridgehead atoms. The van der Waals surface area contributed by atoms with Crippen molar-refractivity contribution in [2.75, 3.05) is 6.61 Å². The minimum Gasteiger partial charge on any atom is -0.395 e. The Hall–Kier alpha value is -1.15. The first kappa shape index (κ1) is 9.41. The summed E-state index contributed by atoms with van der Waals surface area (Å²) in [5, 5.41) is 9.23. The molecular formula is C12H14O2. The predicted octanol–water partition coefficient (Wildman–Crippen LogP) is 1.81. The molecule has 0 amide bonds. The van der Waals surface area contributed by atoms with Gasteiger partial charge in [0.15, 0.2) is 5.78 Å². The van der Waals surface area contributed by atoms with Crippen molar-refractivity contribution < 1.29 is 9.90 Å². The summed E-state index contributed by atoms with van der Waals surface area (Å²) in [5.74, 6) is 0.0850. The number of fused-ring (bicyclic) bond motifs is 1. The number of hydrogen-bond donors (Lipinski definition) is 1. The Morgan fingerprint density at radius 3 is 2.86 bits per heavy atom. The summed E-state index contributed by atoms with van der Waals surface area (Å²) in [5.41, 5.74) is 1.34. The number of ketones is 1. The van der Waals surface area contributed by atoms with Crippen molar-refractivity contribution in [1.82, 2.24) is 0 Å². The Bertz CT molecular complexity index is 370. The molecule has 0 aliphatic heterocycles. The Balaban J connectivity index is 2.46. The van der Waals surface area contributed by atoms with Crippen LogP contribution >= 0.6 is 0 Å². The number of Topliss-reactive ketones (excluding diaryl/α,β-unsaturated/α-hetero) is 1. The van der Waals surface area contributed by atoms with Crippen LogP contribution in [0, 0.1) is 5.41 Å². The van der Waals surface area contributed by atoms with Crippen LogP contribution < -0.4 is 0 Å². The molecule has 0 saturated heterocycles. The average Bonchev–Trinajstić information content (AvgIpc) is 2.24. The Labute approximate surface area is 83.6 Å². The lowest BCUT2D eigenvalue weighted by molar-refractivity contribution is 0.0641. The highest BCUT2D eigenvalue weighted by atomic mass is 16.3. The van der Waals surface area contributed by atoms with Crippen molar-refractivity contribution in [3.8, 4) is 0 Å². The number of aliphatic hydroxyl groups is 1. The second kappa shape index (κ2) is 3.21. The fourth-order valence-electron chi connectivity index (χ4n) is 1.96. The van der Waals surface area contributed by atoms with Crippen LogP contribution in [-0.2, 0) is 6.42 Å². The van der Waals surface area contributed by atoms with E-state index in [1.54, 1.807) is 0 Å². The third kappa shape index (κ3) is 1.26. The van der Waals surface area contributed by atoms with E-state index in [0.29, 0.717) is 0 Å². The van der Waals surface area contributed by atoms with Crippen LogP contribution in [0.2, 0.25) is 0 Å². The normalized spacial score (nSPS) is 26.0. The van der Waals surface area contributed by atoms with Gasteiger partial charge in [-0.3, -0.25) is 4.79 Å². The van der Waals surface area contributed by atoms with E-state index >= 15 is 0 Å². The number of rotatable bonds is 1. The first-order valence-corrected chi connectivity index (χ1v) is 4.91. The Kier molecular flexibility index (Phi) is 2.16. The van der Waals surface area contributed by atoms with E-state index in [4.69, 9.17) is 0 Å². The van der Waals surface area contributed by atoms with Crippen LogP contribution in [0.15, 0.2) is 24.3 Å². The summed E-state index contributed by atoms with van der Waals surface area (Å²) in [7, 11) is 0. The molecule has 0 spiro atoms. The SMILES string of the molecule is C[C@]1(CO)CCc2ccccc2C1=O. The van der Waals surface area contributed by atoms with Crippen LogP contribution in [0.1, 0.15) is 29.3 Å². The van der Waals surface area contributed by atoms with Crippen LogP contribution in [0.4, 0.5) is 0 Å². The Morgan fingerprint density at radius 2 is 2.14 bits per heavy atom. The van der Waals surface area contributed by atoms with Gasteiger partial charge in [0.05, 0.1) is 12.0 Å². The maximum Gasteiger partial charge on any atom is 0.171 e. The summed E-state index contributed by atoms with van der Waals surface area (Å²) in [6.45, 7) is 1.78. The zero-order valence-corrected chi connectivity index (χ0v) is 8.29. The summed E-state index contributed by atoms with van der Waals surface area (Å²) in [6, 6.07) is 7.67. The molecule has 0 aromatic heterocycles. The second-order valence-corrected chi connectivity index (χ2v) is 4.21. The van der Waals surface area contributed by atoms with Crippen molar-refractivity contribution in [3.63, 3.8) is 0 Å². The van der Waals surface area contributed by atoms with E-state index in [2.05, 4.69) is 0 Å². The highest BCUT2D eigenvalue weighted by molar-refractivity contribution is 6.02. The first-order chi connectivity index (χ1) is 6.67.